The highest BCUT2D eigenvalue weighted by Gasteiger charge is 2.13. The van der Waals surface area contributed by atoms with E-state index in [1.807, 2.05) is 36.4 Å². The molecule has 0 saturated heterocycles. The number of benzene rings is 3. The van der Waals surface area contributed by atoms with Gasteiger partial charge in [-0.3, -0.25) is 4.79 Å². The molecule has 164 valence electrons. The lowest BCUT2D eigenvalue weighted by Gasteiger charge is -2.11. The van der Waals surface area contributed by atoms with Crippen molar-refractivity contribution >= 4 is 45.9 Å². The van der Waals surface area contributed by atoms with Crippen molar-refractivity contribution in [3.05, 3.63) is 83.5 Å². The first-order chi connectivity index (χ1) is 15.6. The SMILES string of the molecule is COc1ccc(OC)c(NC(=O)CSc2cn(Cc3ccc(Cl)cc3)c3ccccc23)c1. The van der Waals surface area contributed by atoms with Crippen LogP contribution in [-0.4, -0.2) is 30.4 Å². The summed E-state index contributed by atoms with van der Waals surface area (Å²) in [5.41, 5.74) is 2.87. The minimum atomic E-state index is -0.115. The molecule has 0 fully saturated rings. The molecule has 0 saturated carbocycles. The van der Waals surface area contributed by atoms with E-state index in [1.165, 1.54) is 11.8 Å². The van der Waals surface area contributed by atoms with Crippen molar-refractivity contribution in [2.45, 2.75) is 11.4 Å². The van der Waals surface area contributed by atoms with E-state index in [4.69, 9.17) is 21.1 Å². The van der Waals surface area contributed by atoms with Gasteiger partial charge in [0, 0.05) is 39.6 Å². The molecule has 4 rings (SSSR count). The van der Waals surface area contributed by atoms with Crippen LogP contribution >= 0.6 is 23.4 Å². The highest BCUT2D eigenvalue weighted by molar-refractivity contribution is 8.00. The number of fused-ring (bicyclic) bond motifs is 1. The molecule has 0 radical (unpaired) electrons. The predicted molar refractivity (Wildman–Crippen MR) is 131 cm³/mol. The maximum absolute atomic E-state index is 12.7. The standard InChI is InChI=1S/C25H23ClN2O3S/c1-30-19-11-12-23(31-2)21(13-19)27-25(29)16-32-24-15-28(22-6-4-3-5-20(22)24)14-17-7-9-18(26)10-8-17/h3-13,15H,14,16H2,1-2H3,(H,27,29). The second kappa shape index (κ2) is 10.0. The van der Waals surface area contributed by atoms with Crippen LogP contribution in [0.4, 0.5) is 5.69 Å². The number of thioether (sulfide) groups is 1. The zero-order chi connectivity index (χ0) is 22.5. The topological polar surface area (TPSA) is 52.5 Å². The van der Waals surface area contributed by atoms with E-state index in [0.29, 0.717) is 17.2 Å². The number of ether oxygens (including phenoxy) is 2. The van der Waals surface area contributed by atoms with Crippen LogP contribution < -0.4 is 14.8 Å². The lowest BCUT2D eigenvalue weighted by Crippen LogP contribution is -2.14. The van der Waals surface area contributed by atoms with E-state index in [9.17, 15) is 4.79 Å². The Morgan fingerprint density at radius 2 is 1.81 bits per heavy atom. The summed E-state index contributed by atoms with van der Waals surface area (Å²) in [5, 5.41) is 4.77. The van der Waals surface area contributed by atoms with Gasteiger partial charge in [-0.2, -0.15) is 0 Å². The normalized spacial score (nSPS) is 10.8. The van der Waals surface area contributed by atoms with Crippen molar-refractivity contribution in [3.63, 3.8) is 0 Å². The van der Waals surface area contributed by atoms with Gasteiger partial charge in [-0.1, -0.05) is 41.9 Å². The third kappa shape index (κ3) is 5.03. The molecular formula is C25H23ClN2O3S. The molecule has 4 aromatic rings. The number of nitrogens with one attached hydrogen (secondary N) is 1. The molecule has 1 aromatic heterocycles. The third-order valence-corrected chi connectivity index (χ3v) is 6.35. The molecule has 0 aliphatic carbocycles. The Kier molecular flexibility index (Phi) is 6.93. The molecular weight excluding hydrogens is 444 g/mol. The number of rotatable bonds is 8. The van der Waals surface area contributed by atoms with E-state index in [0.717, 1.165) is 32.9 Å². The predicted octanol–water partition coefficient (Wildman–Crippen LogP) is 6.09. The number of hydrogen-bond acceptors (Lipinski definition) is 4. The van der Waals surface area contributed by atoms with Crippen molar-refractivity contribution in [1.29, 1.82) is 0 Å². The molecule has 0 atom stereocenters. The van der Waals surface area contributed by atoms with Crippen LogP contribution in [0.5, 0.6) is 11.5 Å². The van der Waals surface area contributed by atoms with E-state index in [-0.39, 0.29) is 11.7 Å². The van der Waals surface area contributed by atoms with Crippen molar-refractivity contribution in [2.75, 3.05) is 25.3 Å². The summed E-state index contributed by atoms with van der Waals surface area (Å²) < 4.78 is 12.8. The summed E-state index contributed by atoms with van der Waals surface area (Å²) in [6.45, 7) is 0.728. The van der Waals surface area contributed by atoms with Gasteiger partial charge in [0.2, 0.25) is 5.91 Å². The van der Waals surface area contributed by atoms with Crippen LogP contribution in [0.3, 0.4) is 0 Å². The summed E-state index contributed by atoms with van der Waals surface area (Å²) in [4.78, 5) is 13.7. The number of aromatic nitrogens is 1. The van der Waals surface area contributed by atoms with E-state index >= 15 is 0 Å². The summed E-state index contributed by atoms with van der Waals surface area (Å²) in [5.74, 6) is 1.40. The Balaban J connectivity index is 1.50. The Hall–Kier alpha value is -3.09. The first kappa shape index (κ1) is 22.1. The second-order valence-corrected chi connectivity index (χ2v) is 8.62. The largest absolute Gasteiger partial charge is 0.497 e. The van der Waals surface area contributed by atoms with Crippen LogP contribution in [0.2, 0.25) is 5.02 Å². The van der Waals surface area contributed by atoms with Crippen LogP contribution in [0.15, 0.2) is 77.8 Å². The van der Waals surface area contributed by atoms with Gasteiger partial charge in [-0.05, 0) is 35.9 Å². The summed E-state index contributed by atoms with van der Waals surface area (Å²) in [6.07, 6.45) is 2.10. The van der Waals surface area contributed by atoms with Gasteiger partial charge < -0.3 is 19.4 Å². The van der Waals surface area contributed by atoms with Crippen molar-refractivity contribution in [3.8, 4) is 11.5 Å². The number of hydrogen-bond donors (Lipinski definition) is 1. The van der Waals surface area contributed by atoms with Crippen LogP contribution in [0.25, 0.3) is 10.9 Å². The minimum Gasteiger partial charge on any atom is -0.497 e. The van der Waals surface area contributed by atoms with Gasteiger partial charge in [0.1, 0.15) is 11.5 Å². The van der Waals surface area contributed by atoms with E-state index in [1.54, 1.807) is 32.4 Å². The van der Waals surface area contributed by atoms with Crippen molar-refractivity contribution in [1.82, 2.24) is 4.57 Å². The number of methoxy groups -OCH3 is 2. The molecule has 0 aliphatic heterocycles. The fraction of sp³-hybridized carbons (Fsp3) is 0.160. The molecule has 0 unspecified atom stereocenters. The average Bonchev–Trinajstić information content (AvgIpc) is 3.16. The summed E-state index contributed by atoms with van der Waals surface area (Å²) >= 11 is 7.52. The van der Waals surface area contributed by atoms with E-state index in [2.05, 4.69) is 28.2 Å². The molecule has 0 aliphatic rings. The van der Waals surface area contributed by atoms with Crippen molar-refractivity contribution < 1.29 is 14.3 Å². The van der Waals surface area contributed by atoms with Crippen LogP contribution in [0.1, 0.15) is 5.56 Å². The van der Waals surface area contributed by atoms with Gasteiger partial charge in [0.15, 0.2) is 0 Å². The molecule has 3 aromatic carbocycles. The molecule has 0 spiro atoms. The Labute approximate surface area is 196 Å². The van der Waals surface area contributed by atoms with Gasteiger partial charge in [0.25, 0.3) is 0 Å². The smallest absolute Gasteiger partial charge is 0.234 e. The lowest BCUT2D eigenvalue weighted by atomic mass is 10.2. The maximum atomic E-state index is 12.7. The Morgan fingerprint density at radius 3 is 2.56 bits per heavy atom. The molecule has 1 amide bonds. The van der Waals surface area contributed by atoms with Gasteiger partial charge in [-0.25, -0.2) is 0 Å². The maximum Gasteiger partial charge on any atom is 0.234 e. The number of halogens is 1. The van der Waals surface area contributed by atoms with Gasteiger partial charge in [-0.15, -0.1) is 11.8 Å². The van der Waals surface area contributed by atoms with Crippen molar-refractivity contribution in [2.24, 2.45) is 0 Å². The first-order valence-electron chi connectivity index (χ1n) is 10.0. The fourth-order valence-corrected chi connectivity index (χ4v) is 4.50. The average molecular weight is 467 g/mol. The number of para-hydroxylation sites is 1. The van der Waals surface area contributed by atoms with Crippen LogP contribution in [-0.2, 0) is 11.3 Å². The lowest BCUT2D eigenvalue weighted by molar-refractivity contribution is -0.113. The Morgan fingerprint density at radius 1 is 1.03 bits per heavy atom. The van der Waals surface area contributed by atoms with Gasteiger partial charge >= 0.3 is 0 Å². The number of anilines is 1. The molecule has 1 heterocycles. The monoisotopic (exact) mass is 466 g/mol. The number of carbonyl (C=O) groups is 1. The molecule has 1 N–H and O–H groups in total. The zero-order valence-corrected chi connectivity index (χ0v) is 19.4. The quantitative estimate of drug-likeness (QED) is 0.319. The molecule has 0 bridgehead atoms. The number of nitrogens with zero attached hydrogens (tertiary/aromatic N) is 1. The van der Waals surface area contributed by atoms with Gasteiger partial charge in [0.05, 0.1) is 25.7 Å². The third-order valence-electron chi connectivity index (χ3n) is 5.06. The fourth-order valence-electron chi connectivity index (χ4n) is 3.49. The molecule has 32 heavy (non-hydrogen) atoms. The molecule has 5 nitrogen and oxygen atoms in total. The number of carbonyl (C=O) groups excluding carboxylic acids is 1. The van der Waals surface area contributed by atoms with Crippen LogP contribution in [0, 0.1) is 0 Å². The number of amides is 1. The zero-order valence-electron chi connectivity index (χ0n) is 17.8. The Bertz CT molecular complexity index is 1240. The first-order valence-corrected chi connectivity index (χ1v) is 11.4. The van der Waals surface area contributed by atoms with E-state index < -0.39 is 0 Å². The highest BCUT2D eigenvalue weighted by Crippen LogP contribution is 2.32. The minimum absolute atomic E-state index is 0.115. The summed E-state index contributed by atoms with van der Waals surface area (Å²) in [7, 11) is 3.16. The summed E-state index contributed by atoms with van der Waals surface area (Å²) in [6, 6.07) is 21.4. The highest BCUT2D eigenvalue weighted by atomic mass is 35.5. The second-order valence-electron chi connectivity index (χ2n) is 7.17. The molecule has 7 heteroatoms.